The minimum Gasteiger partial charge on any atom is -0.870 e. The normalized spacial score (nSPS) is 26.0. The number of carboxylic acids is 1. The second-order valence-electron chi connectivity index (χ2n) is 27.4. The van der Waals surface area contributed by atoms with Gasteiger partial charge in [0, 0.05) is 12.1 Å². The second-order valence-corrected chi connectivity index (χ2v) is 35.2. The van der Waals surface area contributed by atoms with Crippen LogP contribution in [-0.4, -0.2) is 203 Å². The van der Waals surface area contributed by atoms with Crippen molar-refractivity contribution in [3.63, 3.8) is 0 Å². The maximum absolute atomic E-state index is 13.6. The first-order valence-electron chi connectivity index (χ1n) is 30.3. The van der Waals surface area contributed by atoms with Crippen LogP contribution in [0.25, 0.3) is 22.1 Å². The third-order valence-corrected chi connectivity index (χ3v) is 21.8. The molecule has 8 heterocycles. The molecule has 2 amide bonds. The Morgan fingerprint density at radius 2 is 0.967 bits per heavy atom. The van der Waals surface area contributed by atoms with Gasteiger partial charge in [-0.1, -0.05) is 25.7 Å². The van der Waals surface area contributed by atoms with E-state index in [-0.39, 0.29) is 72.6 Å². The number of ether oxygens (including phenoxy) is 11. The third kappa shape index (κ3) is 15.6. The zero-order chi connectivity index (χ0) is 66.2. The molecule has 0 radical (unpaired) electrons. The van der Waals surface area contributed by atoms with E-state index in [9.17, 15) is 33.4 Å². The number of carbonyl (C=O) groups excluding carboxylic acids is 3. The van der Waals surface area contributed by atoms with E-state index in [4.69, 9.17) is 75.3 Å². The summed E-state index contributed by atoms with van der Waals surface area (Å²) in [4.78, 5) is 73.1. The molecule has 2 aliphatic carbocycles. The summed E-state index contributed by atoms with van der Waals surface area (Å²) in [6.07, 6.45) is 3.12. The van der Waals surface area contributed by atoms with Gasteiger partial charge in [0.25, 0.3) is 0 Å². The predicted octanol–water partition coefficient (Wildman–Crippen LogP) is 7.35. The summed E-state index contributed by atoms with van der Waals surface area (Å²) in [5.74, 6) is -3.44. The fourth-order valence-corrected chi connectivity index (χ4v) is 13.9. The number of anilines is 2. The van der Waals surface area contributed by atoms with Gasteiger partial charge >= 0.3 is 43.0 Å². The van der Waals surface area contributed by atoms with Gasteiger partial charge < -0.3 is 71.8 Å². The van der Waals surface area contributed by atoms with Gasteiger partial charge in [-0.05, 0) is 166 Å². The molecule has 10 rings (SSSR count). The molecule has 508 valence electrons. The monoisotopic (exact) mass is 1370 g/mol. The molecule has 4 aromatic heterocycles. The largest absolute Gasteiger partial charge is 1.00 e. The zero-order valence-corrected chi connectivity index (χ0v) is 59.0. The van der Waals surface area contributed by atoms with Crippen LogP contribution in [-0.2, 0) is 70.8 Å². The van der Waals surface area contributed by atoms with Gasteiger partial charge in [-0.3, -0.25) is 9.80 Å². The van der Waals surface area contributed by atoms with Crippen LogP contribution in [0, 0.1) is 0 Å². The van der Waals surface area contributed by atoms with Gasteiger partial charge in [-0.15, -0.1) is 0 Å². The molecule has 0 aromatic carbocycles. The molecule has 4 saturated heterocycles. The van der Waals surface area contributed by atoms with Crippen LogP contribution in [0.3, 0.4) is 0 Å². The molecule has 0 spiro atoms. The van der Waals surface area contributed by atoms with E-state index >= 15 is 0 Å². The quantitative estimate of drug-likeness (QED) is 0.0355. The van der Waals surface area contributed by atoms with Gasteiger partial charge in [-0.2, -0.15) is 30.1 Å². The van der Waals surface area contributed by atoms with Crippen molar-refractivity contribution in [2.24, 2.45) is 0 Å². The number of esters is 1. The summed E-state index contributed by atoms with van der Waals surface area (Å²) in [5.41, 5.74) is -0.836. The fraction of sp³-hybridized carbons (Fsp3) is 0.759. The van der Waals surface area contributed by atoms with Crippen LogP contribution in [0.5, 0.6) is 0 Å². The molecule has 4 aromatic rings. The number of nitrogens with zero attached hydrogens (tertiary/aromatic N) is 10. The molecule has 2 N–H and O–H groups in total. The Kier molecular flexibility index (Phi) is 22.7. The van der Waals surface area contributed by atoms with Crippen molar-refractivity contribution in [3.05, 3.63) is 23.0 Å². The third-order valence-electron chi connectivity index (χ3n) is 16.7. The van der Waals surface area contributed by atoms with Crippen molar-refractivity contribution in [1.82, 2.24) is 39.5 Å². The number of hydrogen-bond acceptors (Lipinski definition) is 24. The van der Waals surface area contributed by atoms with Gasteiger partial charge in [0.15, 0.2) is 47.0 Å². The summed E-state index contributed by atoms with van der Waals surface area (Å²) < 4.78 is 95.5. The summed E-state index contributed by atoms with van der Waals surface area (Å²) in [6.45, 7) is 27.8. The first-order chi connectivity index (χ1) is 41.7. The Labute approximate surface area is 557 Å². The molecule has 92 heavy (non-hydrogen) atoms. The number of halogens is 2. The van der Waals surface area contributed by atoms with E-state index in [0.29, 0.717) is 27.9 Å². The van der Waals surface area contributed by atoms with E-state index in [1.54, 1.807) is 77.6 Å². The summed E-state index contributed by atoms with van der Waals surface area (Å²) in [6, 6.07) is -0.268. The minimum atomic E-state index is -3.24. The Bertz CT molecular complexity index is 3460. The van der Waals surface area contributed by atoms with Crippen molar-refractivity contribution < 1.29 is 110 Å². The molecule has 10 atom stereocenters. The van der Waals surface area contributed by atoms with Gasteiger partial charge in [-0.25, -0.2) is 28.5 Å². The SMILES string of the molecule is CC(C)(C)OC(=O)N(c1nc(Cl)nc2c1cnn2[C@@H]1O[C@H](COC(C)(C(=O)O)P(C)(C)=O)[C@H]2OC(C)(C)O[C@H]21)C1CCCC1.CCOC(=O)C(C)(OC[C@H]1O[C@@H](n2ncc3c(N(C(=O)OC(C)(C)C)C4CCCC4)nc(Cl)nc32)[C@@H]2OC(C)(C)O[C@@H]21)P(C)(C)=O.[Li+].[OH-]. The van der Waals surface area contributed by atoms with E-state index in [2.05, 4.69) is 30.1 Å². The Morgan fingerprint density at radius 3 is 1.29 bits per heavy atom. The maximum Gasteiger partial charge on any atom is 1.00 e. The van der Waals surface area contributed by atoms with E-state index in [1.807, 2.05) is 20.8 Å². The van der Waals surface area contributed by atoms with Crippen LogP contribution in [0.2, 0.25) is 10.6 Å². The van der Waals surface area contributed by atoms with E-state index in [1.165, 1.54) is 49.9 Å². The molecule has 4 aliphatic heterocycles. The molecule has 29 nitrogen and oxygen atoms in total. The Morgan fingerprint density at radius 1 is 0.620 bits per heavy atom. The average molecular weight is 1370 g/mol. The summed E-state index contributed by atoms with van der Waals surface area (Å²) >= 11 is 13.0. The van der Waals surface area contributed by atoms with Crippen molar-refractivity contribution in [2.75, 3.05) is 56.3 Å². The smallest absolute Gasteiger partial charge is 0.870 e. The number of aliphatic carboxylic acids is 1. The topological polar surface area (TPSA) is 348 Å². The van der Waals surface area contributed by atoms with Crippen molar-refractivity contribution in [2.45, 2.75) is 236 Å². The summed E-state index contributed by atoms with van der Waals surface area (Å²) in [7, 11) is -6.39. The fourth-order valence-electron chi connectivity index (χ4n) is 11.9. The van der Waals surface area contributed by atoms with Gasteiger partial charge in [0.2, 0.25) is 21.3 Å². The first kappa shape index (κ1) is 75.2. The maximum atomic E-state index is 13.6. The van der Waals surface area contributed by atoms with Crippen molar-refractivity contribution in [1.29, 1.82) is 0 Å². The summed E-state index contributed by atoms with van der Waals surface area (Å²) in [5, 5.41) is 16.2. The zero-order valence-electron chi connectivity index (χ0n) is 55.7. The second kappa shape index (κ2) is 27.8. The van der Waals surface area contributed by atoms with Gasteiger partial charge in [0.05, 0.1) is 43.0 Å². The first-order valence-corrected chi connectivity index (χ1v) is 36.3. The molecular formula is C58H87Cl2LiN10O19P2. The number of fused-ring (bicyclic) bond motifs is 4. The van der Waals surface area contributed by atoms with Gasteiger partial charge in [0.1, 0.15) is 62.1 Å². The minimum absolute atomic E-state index is 0. The molecular weight excluding hydrogens is 1280 g/mol. The molecule has 6 fully saturated rings. The van der Waals surface area contributed by atoms with E-state index < -0.39 is 121 Å². The molecule has 2 saturated carbocycles. The number of amides is 2. The number of carbonyl (C=O) groups is 4. The molecule has 2 unspecified atom stereocenters. The molecule has 6 aliphatic rings. The average Bonchev–Trinajstić information content (AvgIpc) is 1.56. The van der Waals surface area contributed by atoms with Crippen LogP contribution in [0.15, 0.2) is 12.4 Å². The van der Waals surface area contributed by atoms with Crippen LogP contribution < -0.4 is 28.7 Å². The van der Waals surface area contributed by atoms with Crippen molar-refractivity contribution in [3.8, 4) is 0 Å². The number of aromatic nitrogens is 8. The predicted molar refractivity (Wildman–Crippen MR) is 332 cm³/mol. The standard InChI is InChI=1S/C30H45ClN5O9P.C28H41ClN5O9P.Li.H2O/c1-10-40-25(37)30(7,46(8,9)39)41-16-19-20-21(44-29(5,6)43-20)24(42-19)36-23-18(15-32-36)22(33-26(31)34-23)35(17-13-11-12-14-17)27(38)45-28(2,3)4;1-26(2,3)43-25(37)33(15-11-9-10-12-15)20-16-13-30-34(21(16)32-24(29)31-20)22-19-18(41-27(4,5)42-19)17(40-22)14-39-28(6,23(35)36)44(7,8)38;;/h15,17,19-21,24H,10-14,16H2,1-9H3;13,15,17-19,22H,9-12,14H2,1-8H3,(H,35,36);;1H2/q;;+1;/p-1/t19-,20-,21-,24-,30?;17-,18-,19-,22-,28?;;/m11../s1. The number of rotatable bonds is 17. The number of carboxylic acid groups (broad SMARTS) is 1. The van der Waals surface area contributed by atoms with Crippen LogP contribution in [0.1, 0.15) is 154 Å². The number of hydrogen-bond donors (Lipinski definition) is 1. The molecule has 0 bridgehead atoms. The Balaban J connectivity index is 0.000000256. The Hall–Kier alpha value is -4.14. The van der Waals surface area contributed by atoms with Crippen LogP contribution in [0.4, 0.5) is 21.2 Å². The van der Waals surface area contributed by atoms with Crippen LogP contribution >= 0.6 is 37.5 Å². The molecule has 34 heteroatoms. The van der Waals surface area contributed by atoms with E-state index in [0.717, 1.165) is 51.4 Å². The van der Waals surface area contributed by atoms with Crippen molar-refractivity contribution >= 4 is 95.3 Å².